The summed E-state index contributed by atoms with van der Waals surface area (Å²) in [5, 5.41) is 5.75. The molecule has 1 aliphatic carbocycles. The van der Waals surface area contributed by atoms with Crippen LogP contribution in [0.25, 0.3) is 11.3 Å². The maximum absolute atomic E-state index is 12.0. The van der Waals surface area contributed by atoms with E-state index >= 15 is 0 Å². The molecule has 2 aromatic rings. The van der Waals surface area contributed by atoms with Crippen LogP contribution in [0.1, 0.15) is 38.8 Å². The number of hydrogen-bond donors (Lipinski definition) is 2. The molecule has 0 aliphatic heterocycles. The second-order valence-corrected chi connectivity index (χ2v) is 7.48. The van der Waals surface area contributed by atoms with E-state index in [1.165, 1.54) is 11.1 Å². The average Bonchev–Trinajstić information content (AvgIpc) is 3.06. The number of H-pyrrole nitrogens is 1. The molecule has 0 spiro atoms. The van der Waals surface area contributed by atoms with Crippen LogP contribution in [0.15, 0.2) is 29.1 Å². The fourth-order valence-corrected chi connectivity index (χ4v) is 3.27. The summed E-state index contributed by atoms with van der Waals surface area (Å²) >= 11 is 0. The molecule has 1 aromatic carbocycles. The standard InChI is InChI=1S/C19H25N3O3/c1-5-22-16(11-17(23)21-22)13-7-6-12-9-15(10-14(12)8-13)20-18(24)25-19(2,3)4/h6-8,11,15H,5,9-10H2,1-4H3,(H,20,24)(H,21,23). The predicted octanol–water partition coefficient (Wildman–Crippen LogP) is 2.86. The highest BCUT2D eigenvalue weighted by molar-refractivity contribution is 5.69. The molecule has 25 heavy (non-hydrogen) atoms. The van der Waals surface area contributed by atoms with Crippen molar-refractivity contribution in [1.29, 1.82) is 0 Å². The summed E-state index contributed by atoms with van der Waals surface area (Å²) in [7, 11) is 0. The Balaban J connectivity index is 1.75. The van der Waals surface area contributed by atoms with Crippen LogP contribution in [-0.4, -0.2) is 27.5 Å². The summed E-state index contributed by atoms with van der Waals surface area (Å²) < 4.78 is 7.18. The van der Waals surface area contributed by atoms with Crippen molar-refractivity contribution in [3.63, 3.8) is 0 Å². The first-order chi connectivity index (χ1) is 11.7. The van der Waals surface area contributed by atoms with Crippen molar-refractivity contribution in [2.45, 2.75) is 58.7 Å². The van der Waals surface area contributed by atoms with Crippen LogP contribution in [0, 0.1) is 0 Å². The van der Waals surface area contributed by atoms with Gasteiger partial charge in [0.1, 0.15) is 5.60 Å². The molecule has 0 saturated carbocycles. The van der Waals surface area contributed by atoms with Crippen molar-refractivity contribution in [3.8, 4) is 11.3 Å². The Morgan fingerprint density at radius 3 is 2.68 bits per heavy atom. The van der Waals surface area contributed by atoms with Crippen LogP contribution in [0.5, 0.6) is 0 Å². The number of aromatic nitrogens is 2. The molecule has 1 unspecified atom stereocenters. The molecule has 0 saturated heterocycles. The lowest BCUT2D eigenvalue weighted by Gasteiger charge is -2.21. The number of ether oxygens (including phenoxy) is 1. The topological polar surface area (TPSA) is 76.1 Å². The van der Waals surface area contributed by atoms with Gasteiger partial charge in [-0.25, -0.2) is 4.79 Å². The number of aryl methyl sites for hydroxylation is 1. The molecule has 6 heteroatoms. The Morgan fingerprint density at radius 2 is 2.00 bits per heavy atom. The molecular weight excluding hydrogens is 318 g/mol. The van der Waals surface area contributed by atoms with Gasteiger partial charge in [0, 0.05) is 24.2 Å². The number of nitrogens with one attached hydrogen (secondary N) is 2. The van der Waals surface area contributed by atoms with Crippen LogP contribution in [0.3, 0.4) is 0 Å². The first kappa shape index (κ1) is 17.3. The molecule has 1 aromatic heterocycles. The van der Waals surface area contributed by atoms with Gasteiger partial charge in [-0.15, -0.1) is 0 Å². The number of benzene rings is 1. The molecule has 2 N–H and O–H groups in total. The normalized spacial score (nSPS) is 16.6. The van der Waals surface area contributed by atoms with Crippen molar-refractivity contribution in [2.24, 2.45) is 0 Å². The first-order valence-corrected chi connectivity index (χ1v) is 8.66. The SMILES string of the molecule is CCn1[nH]c(=O)cc1-c1ccc2c(c1)CC(NC(=O)OC(C)(C)C)C2. The van der Waals surface area contributed by atoms with Crippen LogP contribution in [0.4, 0.5) is 4.79 Å². The number of nitrogens with zero attached hydrogens (tertiary/aromatic N) is 1. The number of hydrogen-bond acceptors (Lipinski definition) is 3. The summed E-state index contributed by atoms with van der Waals surface area (Å²) in [6.07, 6.45) is 1.18. The molecule has 3 rings (SSSR count). The highest BCUT2D eigenvalue weighted by atomic mass is 16.6. The minimum absolute atomic E-state index is 0.0414. The lowest BCUT2D eigenvalue weighted by molar-refractivity contribution is 0.0506. The second kappa shape index (κ2) is 6.43. The molecular formula is C19H25N3O3. The number of fused-ring (bicyclic) bond motifs is 1. The van der Waals surface area contributed by atoms with Gasteiger partial charge in [-0.05, 0) is 57.7 Å². The Bertz CT molecular complexity index is 842. The number of carbonyl (C=O) groups excluding carboxylic acids is 1. The minimum Gasteiger partial charge on any atom is -0.444 e. The number of carbonyl (C=O) groups is 1. The van der Waals surface area contributed by atoms with Gasteiger partial charge in [-0.2, -0.15) is 0 Å². The monoisotopic (exact) mass is 343 g/mol. The second-order valence-electron chi connectivity index (χ2n) is 7.48. The number of rotatable bonds is 3. The van der Waals surface area contributed by atoms with Crippen LogP contribution in [-0.2, 0) is 24.1 Å². The van der Waals surface area contributed by atoms with Gasteiger partial charge in [-0.3, -0.25) is 14.6 Å². The third kappa shape index (κ3) is 3.95. The van der Waals surface area contributed by atoms with Crippen LogP contribution in [0.2, 0.25) is 0 Å². The molecule has 0 radical (unpaired) electrons. The van der Waals surface area contributed by atoms with Crippen molar-refractivity contribution in [3.05, 3.63) is 45.7 Å². The molecule has 1 atom stereocenters. The van der Waals surface area contributed by atoms with Gasteiger partial charge in [0.15, 0.2) is 0 Å². The van der Waals surface area contributed by atoms with E-state index in [0.29, 0.717) is 6.54 Å². The highest BCUT2D eigenvalue weighted by Crippen LogP contribution is 2.28. The molecule has 1 heterocycles. The van der Waals surface area contributed by atoms with E-state index in [2.05, 4.69) is 22.5 Å². The van der Waals surface area contributed by atoms with Gasteiger partial charge in [-0.1, -0.05) is 12.1 Å². The number of amides is 1. The van der Waals surface area contributed by atoms with Gasteiger partial charge < -0.3 is 10.1 Å². The fraction of sp³-hybridized carbons (Fsp3) is 0.474. The van der Waals surface area contributed by atoms with Crippen molar-refractivity contribution < 1.29 is 9.53 Å². The summed E-state index contributed by atoms with van der Waals surface area (Å²) in [6.45, 7) is 8.26. The quantitative estimate of drug-likeness (QED) is 0.900. The molecule has 6 nitrogen and oxygen atoms in total. The Kier molecular flexibility index (Phi) is 4.45. The zero-order valence-corrected chi connectivity index (χ0v) is 15.2. The smallest absolute Gasteiger partial charge is 0.407 e. The first-order valence-electron chi connectivity index (χ1n) is 8.66. The highest BCUT2D eigenvalue weighted by Gasteiger charge is 2.26. The van der Waals surface area contributed by atoms with Gasteiger partial charge in [0.05, 0.1) is 5.69 Å². The van der Waals surface area contributed by atoms with Gasteiger partial charge >= 0.3 is 6.09 Å². The molecule has 1 amide bonds. The van der Waals surface area contributed by atoms with Crippen LogP contribution < -0.4 is 10.9 Å². The van der Waals surface area contributed by atoms with Crippen molar-refractivity contribution >= 4 is 6.09 Å². The predicted molar refractivity (Wildman–Crippen MR) is 96.7 cm³/mol. The summed E-state index contributed by atoms with van der Waals surface area (Å²) in [4.78, 5) is 23.6. The maximum atomic E-state index is 12.0. The Hall–Kier alpha value is -2.50. The average molecular weight is 343 g/mol. The molecule has 0 bridgehead atoms. The Morgan fingerprint density at radius 1 is 1.28 bits per heavy atom. The van der Waals surface area contributed by atoms with Gasteiger partial charge in [0.25, 0.3) is 5.56 Å². The van der Waals surface area contributed by atoms with E-state index in [1.807, 2.05) is 38.4 Å². The maximum Gasteiger partial charge on any atom is 0.407 e. The zero-order valence-electron chi connectivity index (χ0n) is 15.2. The van der Waals surface area contributed by atoms with E-state index in [-0.39, 0.29) is 17.7 Å². The van der Waals surface area contributed by atoms with E-state index < -0.39 is 5.60 Å². The largest absolute Gasteiger partial charge is 0.444 e. The fourth-order valence-electron chi connectivity index (χ4n) is 3.27. The molecule has 134 valence electrons. The number of alkyl carbamates (subject to hydrolysis) is 1. The summed E-state index contributed by atoms with van der Waals surface area (Å²) in [6, 6.07) is 7.89. The molecule has 0 fully saturated rings. The van der Waals surface area contributed by atoms with Gasteiger partial charge in [0.2, 0.25) is 0 Å². The lowest BCUT2D eigenvalue weighted by atomic mass is 10.0. The third-order valence-electron chi connectivity index (χ3n) is 4.28. The van der Waals surface area contributed by atoms with Crippen molar-refractivity contribution in [1.82, 2.24) is 15.1 Å². The zero-order chi connectivity index (χ0) is 18.2. The third-order valence-corrected chi connectivity index (χ3v) is 4.28. The van der Waals surface area contributed by atoms with E-state index in [1.54, 1.807) is 6.07 Å². The van der Waals surface area contributed by atoms with E-state index in [0.717, 1.165) is 24.1 Å². The van der Waals surface area contributed by atoms with E-state index in [9.17, 15) is 9.59 Å². The molecule has 1 aliphatic rings. The Labute approximate surface area is 147 Å². The van der Waals surface area contributed by atoms with Crippen LogP contribution >= 0.6 is 0 Å². The minimum atomic E-state index is -0.499. The lowest BCUT2D eigenvalue weighted by Crippen LogP contribution is -2.39. The summed E-state index contributed by atoms with van der Waals surface area (Å²) in [5.74, 6) is 0. The van der Waals surface area contributed by atoms with E-state index in [4.69, 9.17) is 4.74 Å². The summed E-state index contributed by atoms with van der Waals surface area (Å²) in [5.41, 5.74) is 3.74. The number of aromatic amines is 1. The van der Waals surface area contributed by atoms with Crippen molar-refractivity contribution in [2.75, 3.05) is 0 Å².